The maximum absolute atomic E-state index is 12.6. The van der Waals surface area contributed by atoms with E-state index >= 15 is 0 Å². The number of carboxylic acid groups (broad SMARTS) is 1. The first-order valence-electron chi connectivity index (χ1n) is 7.78. The minimum Gasteiger partial charge on any atom is -0.481 e. The third kappa shape index (κ3) is 3.28. The van der Waals surface area contributed by atoms with Crippen LogP contribution >= 0.6 is 11.6 Å². The minimum atomic E-state index is -0.789. The van der Waals surface area contributed by atoms with Crippen molar-refractivity contribution < 1.29 is 14.7 Å². The van der Waals surface area contributed by atoms with Gasteiger partial charge in [0.2, 0.25) is 0 Å². The van der Waals surface area contributed by atoms with Crippen molar-refractivity contribution in [2.24, 2.45) is 11.8 Å². The summed E-state index contributed by atoms with van der Waals surface area (Å²) >= 11 is 5.98. The Bertz CT molecular complexity index is 774. The predicted molar refractivity (Wildman–Crippen MR) is 89.4 cm³/mol. The van der Waals surface area contributed by atoms with Gasteiger partial charge in [0.1, 0.15) is 0 Å². The molecule has 1 aromatic heterocycles. The van der Waals surface area contributed by atoms with Gasteiger partial charge in [-0.1, -0.05) is 24.6 Å². The third-order valence-electron chi connectivity index (χ3n) is 4.41. The molecule has 3 rings (SSSR count). The molecule has 2 atom stereocenters. The molecular formula is C17H18ClN3O3. The van der Waals surface area contributed by atoms with Gasteiger partial charge in [-0.25, -0.2) is 4.68 Å². The summed E-state index contributed by atoms with van der Waals surface area (Å²) in [4.78, 5) is 25.5. The van der Waals surface area contributed by atoms with Crippen LogP contribution in [0, 0.1) is 11.8 Å². The van der Waals surface area contributed by atoms with E-state index in [2.05, 4.69) is 5.10 Å². The summed E-state index contributed by atoms with van der Waals surface area (Å²) in [6, 6.07) is 7.21. The van der Waals surface area contributed by atoms with Crippen LogP contribution in [0.3, 0.4) is 0 Å². The summed E-state index contributed by atoms with van der Waals surface area (Å²) in [6.45, 7) is 2.76. The number of hydrogen-bond donors (Lipinski definition) is 1. The quantitative estimate of drug-likeness (QED) is 0.926. The Morgan fingerprint density at radius 1 is 1.38 bits per heavy atom. The largest absolute Gasteiger partial charge is 0.481 e. The van der Waals surface area contributed by atoms with Gasteiger partial charge in [0.05, 0.1) is 23.4 Å². The molecule has 1 amide bonds. The van der Waals surface area contributed by atoms with Crippen molar-refractivity contribution in [2.45, 2.75) is 13.3 Å². The second-order valence-electron chi connectivity index (χ2n) is 6.12. The maximum atomic E-state index is 12.6. The molecule has 0 spiro atoms. The molecule has 1 saturated heterocycles. The van der Waals surface area contributed by atoms with Crippen molar-refractivity contribution >= 4 is 23.5 Å². The van der Waals surface area contributed by atoms with Crippen molar-refractivity contribution in [3.05, 3.63) is 47.2 Å². The van der Waals surface area contributed by atoms with E-state index < -0.39 is 5.97 Å². The molecule has 0 aliphatic carbocycles. The van der Waals surface area contributed by atoms with Gasteiger partial charge in [0, 0.05) is 24.3 Å². The molecule has 24 heavy (non-hydrogen) atoms. The van der Waals surface area contributed by atoms with E-state index in [0.717, 1.165) is 5.69 Å². The lowest BCUT2D eigenvalue weighted by atomic mass is 9.87. The first-order valence-corrected chi connectivity index (χ1v) is 8.16. The first kappa shape index (κ1) is 16.5. The summed E-state index contributed by atoms with van der Waals surface area (Å²) in [7, 11) is 0. The van der Waals surface area contributed by atoms with E-state index in [9.17, 15) is 14.7 Å². The molecular weight excluding hydrogens is 330 g/mol. The Labute approximate surface area is 144 Å². The Balaban J connectivity index is 1.74. The molecule has 1 aliphatic rings. The van der Waals surface area contributed by atoms with Crippen LogP contribution in [-0.4, -0.2) is 44.8 Å². The van der Waals surface area contributed by atoms with Gasteiger partial charge in [-0.05, 0) is 30.5 Å². The molecule has 7 heteroatoms. The van der Waals surface area contributed by atoms with Crippen LogP contribution < -0.4 is 0 Å². The number of carboxylic acids is 1. The fraction of sp³-hybridized carbons (Fsp3) is 0.353. The minimum absolute atomic E-state index is 0.0665. The fourth-order valence-electron chi connectivity index (χ4n) is 3.07. The number of piperidine rings is 1. The molecule has 126 valence electrons. The van der Waals surface area contributed by atoms with E-state index in [4.69, 9.17) is 11.6 Å². The van der Waals surface area contributed by atoms with Crippen molar-refractivity contribution in [2.75, 3.05) is 13.1 Å². The molecule has 0 radical (unpaired) electrons. The number of aromatic nitrogens is 2. The monoisotopic (exact) mass is 347 g/mol. The average Bonchev–Trinajstić information content (AvgIpc) is 3.03. The Hall–Kier alpha value is -2.34. The number of aliphatic carboxylic acids is 1. The van der Waals surface area contributed by atoms with Crippen LogP contribution in [-0.2, 0) is 4.79 Å². The van der Waals surface area contributed by atoms with Crippen LogP contribution in [0.4, 0.5) is 0 Å². The highest BCUT2D eigenvalue weighted by Gasteiger charge is 2.33. The molecule has 2 heterocycles. The van der Waals surface area contributed by atoms with Crippen molar-refractivity contribution in [1.82, 2.24) is 14.7 Å². The number of nitrogens with zero attached hydrogens (tertiary/aromatic N) is 3. The van der Waals surface area contributed by atoms with Gasteiger partial charge < -0.3 is 10.0 Å². The van der Waals surface area contributed by atoms with E-state index in [0.29, 0.717) is 30.1 Å². The standard InChI is InChI=1S/C17H18ClN3O3/c1-11-9-20(6-5-15(11)17(23)24)16(22)12-8-19-21(10-12)14-4-2-3-13(18)7-14/h2-4,7-8,10-11,15H,5-6,9H2,1H3,(H,23,24). The first-order chi connectivity index (χ1) is 11.5. The highest BCUT2D eigenvalue weighted by atomic mass is 35.5. The predicted octanol–water partition coefficient (Wildman–Crippen LogP) is 2.71. The summed E-state index contributed by atoms with van der Waals surface area (Å²) in [6.07, 6.45) is 3.67. The molecule has 2 unspecified atom stereocenters. The highest BCUT2D eigenvalue weighted by molar-refractivity contribution is 6.30. The van der Waals surface area contributed by atoms with Crippen LogP contribution in [0.15, 0.2) is 36.7 Å². The maximum Gasteiger partial charge on any atom is 0.306 e. The van der Waals surface area contributed by atoms with Gasteiger partial charge in [-0.15, -0.1) is 0 Å². The van der Waals surface area contributed by atoms with Crippen LogP contribution in [0.5, 0.6) is 0 Å². The Kier molecular flexibility index (Phi) is 4.57. The van der Waals surface area contributed by atoms with Crippen LogP contribution in [0.25, 0.3) is 5.69 Å². The zero-order chi connectivity index (χ0) is 17.3. The summed E-state index contributed by atoms with van der Waals surface area (Å²) in [5.41, 5.74) is 1.26. The number of benzene rings is 1. The zero-order valence-corrected chi connectivity index (χ0v) is 14.0. The van der Waals surface area contributed by atoms with E-state index in [1.54, 1.807) is 27.9 Å². The summed E-state index contributed by atoms with van der Waals surface area (Å²) < 4.78 is 1.60. The lowest BCUT2D eigenvalue weighted by molar-refractivity contribution is -0.145. The Morgan fingerprint density at radius 2 is 2.17 bits per heavy atom. The van der Waals surface area contributed by atoms with Gasteiger partial charge >= 0.3 is 5.97 Å². The molecule has 0 saturated carbocycles. The molecule has 6 nitrogen and oxygen atoms in total. The highest BCUT2D eigenvalue weighted by Crippen LogP contribution is 2.25. The van der Waals surface area contributed by atoms with Gasteiger partial charge in [0.15, 0.2) is 0 Å². The van der Waals surface area contributed by atoms with Crippen molar-refractivity contribution in [3.63, 3.8) is 0 Å². The number of carbonyl (C=O) groups excluding carboxylic acids is 1. The molecule has 1 N–H and O–H groups in total. The van der Waals surface area contributed by atoms with Crippen LogP contribution in [0.2, 0.25) is 5.02 Å². The zero-order valence-electron chi connectivity index (χ0n) is 13.2. The second kappa shape index (κ2) is 6.65. The van der Waals surface area contributed by atoms with Gasteiger partial charge in [-0.2, -0.15) is 5.10 Å². The van der Waals surface area contributed by atoms with Crippen LogP contribution in [0.1, 0.15) is 23.7 Å². The molecule has 1 fully saturated rings. The van der Waals surface area contributed by atoms with Gasteiger partial charge in [0.25, 0.3) is 5.91 Å². The molecule has 1 aromatic carbocycles. The molecule has 0 bridgehead atoms. The SMILES string of the molecule is CC1CN(C(=O)c2cnn(-c3cccc(Cl)c3)c2)CCC1C(=O)O. The van der Waals surface area contributed by atoms with Crippen molar-refractivity contribution in [1.29, 1.82) is 0 Å². The van der Waals surface area contributed by atoms with E-state index in [-0.39, 0.29) is 17.7 Å². The smallest absolute Gasteiger partial charge is 0.306 e. The number of likely N-dealkylation sites (tertiary alicyclic amines) is 1. The topological polar surface area (TPSA) is 75.4 Å². The lowest BCUT2D eigenvalue weighted by Crippen LogP contribution is -2.44. The van der Waals surface area contributed by atoms with E-state index in [1.807, 2.05) is 19.1 Å². The fourth-order valence-corrected chi connectivity index (χ4v) is 3.26. The number of halogens is 1. The summed E-state index contributed by atoms with van der Waals surface area (Å²) in [5.74, 6) is -1.37. The van der Waals surface area contributed by atoms with Gasteiger partial charge in [-0.3, -0.25) is 9.59 Å². The normalized spacial score (nSPS) is 20.8. The average molecular weight is 348 g/mol. The van der Waals surface area contributed by atoms with E-state index in [1.165, 1.54) is 6.20 Å². The van der Waals surface area contributed by atoms with Crippen molar-refractivity contribution in [3.8, 4) is 5.69 Å². The Morgan fingerprint density at radius 3 is 2.83 bits per heavy atom. The number of carbonyl (C=O) groups is 2. The summed E-state index contributed by atoms with van der Waals surface area (Å²) in [5, 5.41) is 14.0. The molecule has 2 aromatic rings. The third-order valence-corrected chi connectivity index (χ3v) is 4.65. The number of hydrogen-bond acceptors (Lipinski definition) is 3. The lowest BCUT2D eigenvalue weighted by Gasteiger charge is -2.34. The molecule has 1 aliphatic heterocycles. The number of amides is 1. The second-order valence-corrected chi connectivity index (χ2v) is 6.55. The number of rotatable bonds is 3.